The summed E-state index contributed by atoms with van der Waals surface area (Å²) in [5.41, 5.74) is 0. The van der Waals surface area contributed by atoms with Crippen LogP contribution in [0.2, 0.25) is 0 Å². The van der Waals surface area contributed by atoms with E-state index in [1.807, 2.05) is 0 Å². The lowest BCUT2D eigenvalue weighted by molar-refractivity contribution is 0.226. The van der Waals surface area contributed by atoms with Crippen molar-refractivity contribution >= 4 is 0 Å². The lowest BCUT2D eigenvalue weighted by atomic mass is 10.1. The zero-order valence-corrected chi connectivity index (χ0v) is 12.2. The first-order chi connectivity index (χ1) is 8.31. The molecule has 1 atom stereocenters. The Morgan fingerprint density at radius 2 is 1.65 bits per heavy atom. The van der Waals surface area contributed by atoms with Gasteiger partial charge >= 0.3 is 0 Å². The first-order valence-corrected chi connectivity index (χ1v) is 7.77. The molecule has 0 amide bonds. The Morgan fingerprint density at radius 3 is 2.06 bits per heavy atom. The Morgan fingerprint density at radius 1 is 1.06 bits per heavy atom. The Kier molecular flexibility index (Phi) is 7.87. The molecule has 1 unspecified atom stereocenters. The van der Waals surface area contributed by atoms with E-state index in [1.165, 1.54) is 58.2 Å². The van der Waals surface area contributed by atoms with Crippen molar-refractivity contribution in [3.05, 3.63) is 0 Å². The monoisotopic (exact) mass is 240 g/mol. The minimum atomic E-state index is 0.758. The van der Waals surface area contributed by atoms with Gasteiger partial charge in [0.2, 0.25) is 0 Å². The van der Waals surface area contributed by atoms with Crippen LogP contribution < -0.4 is 5.32 Å². The van der Waals surface area contributed by atoms with E-state index in [0.717, 1.165) is 18.5 Å². The quantitative estimate of drug-likeness (QED) is 0.596. The first-order valence-electron chi connectivity index (χ1n) is 7.77. The lowest BCUT2D eigenvalue weighted by Crippen LogP contribution is -2.43. The van der Waals surface area contributed by atoms with Crippen molar-refractivity contribution in [1.29, 1.82) is 0 Å². The molecule has 1 rings (SSSR count). The molecular formula is C15H32N2. The standard InChI is InChI=1S/C15H32N2/c1-4-7-11-17(12-8-5-2)13-15(16-6-3)14-9-10-14/h14-16H,4-13H2,1-3H3. The van der Waals surface area contributed by atoms with Gasteiger partial charge in [-0.15, -0.1) is 0 Å². The van der Waals surface area contributed by atoms with E-state index in [9.17, 15) is 0 Å². The van der Waals surface area contributed by atoms with Crippen molar-refractivity contribution in [3.63, 3.8) is 0 Å². The van der Waals surface area contributed by atoms with E-state index in [1.54, 1.807) is 0 Å². The highest BCUT2D eigenvalue weighted by atomic mass is 15.1. The van der Waals surface area contributed by atoms with Gasteiger partial charge in [0.25, 0.3) is 0 Å². The van der Waals surface area contributed by atoms with E-state index in [0.29, 0.717) is 0 Å². The molecule has 2 heteroatoms. The molecule has 0 aromatic heterocycles. The van der Waals surface area contributed by atoms with Crippen LogP contribution >= 0.6 is 0 Å². The Bertz CT molecular complexity index is 170. The molecule has 1 aliphatic carbocycles. The summed E-state index contributed by atoms with van der Waals surface area (Å²) in [5, 5.41) is 3.69. The summed E-state index contributed by atoms with van der Waals surface area (Å²) in [6.07, 6.45) is 8.25. The second-order valence-electron chi connectivity index (χ2n) is 5.51. The number of rotatable bonds is 11. The summed E-state index contributed by atoms with van der Waals surface area (Å²) in [7, 11) is 0. The third-order valence-corrected chi connectivity index (χ3v) is 3.77. The molecule has 1 saturated carbocycles. The topological polar surface area (TPSA) is 15.3 Å². The predicted molar refractivity (Wildman–Crippen MR) is 76.4 cm³/mol. The van der Waals surface area contributed by atoms with E-state index in [2.05, 4.69) is 31.0 Å². The third-order valence-electron chi connectivity index (χ3n) is 3.77. The molecule has 2 nitrogen and oxygen atoms in total. The van der Waals surface area contributed by atoms with E-state index >= 15 is 0 Å². The average Bonchev–Trinajstić information content (AvgIpc) is 3.15. The zero-order valence-electron chi connectivity index (χ0n) is 12.2. The van der Waals surface area contributed by atoms with Crippen LogP contribution in [0.4, 0.5) is 0 Å². The van der Waals surface area contributed by atoms with Gasteiger partial charge in [0.15, 0.2) is 0 Å². The fraction of sp³-hybridized carbons (Fsp3) is 1.00. The summed E-state index contributed by atoms with van der Waals surface area (Å²) in [4.78, 5) is 2.69. The van der Waals surface area contributed by atoms with Gasteiger partial charge in [0.05, 0.1) is 0 Å². The zero-order chi connectivity index (χ0) is 12.5. The van der Waals surface area contributed by atoms with Crippen LogP contribution in [0, 0.1) is 5.92 Å². The number of hydrogen-bond acceptors (Lipinski definition) is 2. The molecule has 0 aliphatic heterocycles. The second kappa shape index (κ2) is 8.93. The van der Waals surface area contributed by atoms with Crippen LogP contribution in [0.15, 0.2) is 0 Å². The van der Waals surface area contributed by atoms with Crippen molar-refractivity contribution in [3.8, 4) is 0 Å². The number of likely N-dealkylation sites (N-methyl/N-ethyl adjacent to an activating group) is 1. The Hall–Kier alpha value is -0.0800. The number of nitrogens with zero attached hydrogens (tertiary/aromatic N) is 1. The molecule has 102 valence electrons. The molecule has 0 saturated heterocycles. The highest BCUT2D eigenvalue weighted by molar-refractivity contribution is 4.88. The maximum atomic E-state index is 3.69. The van der Waals surface area contributed by atoms with Gasteiger partial charge < -0.3 is 10.2 Å². The minimum Gasteiger partial charge on any atom is -0.313 e. The molecule has 0 bridgehead atoms. The smallest absolute Gasteiger partial charge is 0.0223 e. The lowest BCUT2D eigenvalue weighted by Gasteiger charge is -2.28. The van der Waals surface area contributed by atoms with Crippen LogP contribution in [0.5, 0.6) is 0 Å². The minimum absolute atomic E-state index is 0.758. The van der Waals surface area contributed by atoms with Crippen molar-refractivity contribution in [2.75, 3.05) is 26.2 Å². The molecule has 0 aromatic rings. The van der Waals surface area contributed by atoms with Gasteiger partial charge in [0.1, 0.15) is 0 Å². The van der Waals surface area contributed by atoms with Crippen LogP contribution in [0.3, 0.4) is 0 Å². The van der Waals surface area contributed by atoms with Crippen molar-refractivity contribution in [1.82, 2.24) is 10.2 Å². The van der Waals surface area contributed by atoms with E-state index < -0.39 is 0 Å². The molecule has 1 N–H and O–H groups in total. The highest BCUT2D eigenvalue weighted by Crippen LogP contribution is 2.33. The molecular weight excluding hydrogens is 208 g/mol. The molecule has 0 aromatic carbocycles. The van der Waals surface area contributed by atoms with Gasteiger partial charge in [-0.1, -0.05) is 33.6 Å². The summed E-state index contributed by atoms with van der Waals surface area (Å²) in [5.74, 6) is 0.973. The summed E-state index contributed by atoms with van der Waals surface area (Å²) in [6, 6.07) is 0.758. The fourth-order valence-corrected chi connectivity index (χ4v) is 2.48. The molecule has 0 heterocycles. The largest absolute Gasteiger partial charge is 0.313 e. The van der Waals surface area contributed by atoms with Gasteiger partial charge in [-0.05, 0) is 51.2 Å². The second-order valence-corrected chi connectivity index (χ2v) is 5.51. The Labute approximate surface area is 108 Å². The molecule has 0 spiro atoms. The molecule has 1 fully saturated rings. The van der Waals surface area contributed by atoms with Crippen LogP contribution in [0.1, 0.15) is 59.3 Å². The van der Waals surface area contributed by atoms with Crippen LogP contribution in [-0.4, -0.2) is 37.1 Å². The summed E-state index contributed by atoms with van der Waals surface area (Å²) < 4.78 is 0. The average molecular weight is 240 g/mol. The maximum absolute atomic E-state index is 3.69. The number of nitrogens with one attached hydrogen (secondary N) is 1. The normalized spacial score (nSPS) is 17.6. The number of hydrogen-bond donors (Lipinski definition) is 1. The van der Waals surface area contributed by atoms with Crippen LogP contribution in [-0.2, 0) is 0 Å². The van der Waals surface area contributed by atoms with Crippen molar-refractivity contribution in [2.24, 2.45) is 5.92 Å². The predicted octanol–water partition coefficient (Wildman–Crippen LogP) is 3.28. The van der Waals surface area contributed by atoms with Crippen molar-refractivity contribution < 1.29 is 0 Å². The summed E-state index contributed by atoms with van der Waals surface area (Å²) >= 11 is 0. The SMILES string of the molecule is CCCCN(CCCC)CC(NCC)C1CC1. The Balaban J connectivity index is 2.31. The maximum Gasteiger partial charge on any atom is 0.0223 e. The molecule has 17 heavy (non-hydrogen) atoms. The summed E-state index contributed by atoms with van der Waals surface area (Å²) in [6.45, 7) is 11.8. The van der Waals surface area contributed by atoms with Crippen molar-refractivity contribution in [2.45, 2.75) is 65.3 Å². The van der Waals surface area contributed by atoms with Gasteiger partial charge in [-0.3, -0.25) is 0 Å². The van der Waals surface area contributed by atoms with E-state index in [4.69, 9.17) is 0 Å². The molecule has 0 radical (unpaired) electrons. The number of unbranched alkanes of at least 4 members (excludes halogenated alkanes) is 2. The van der Waals surface area contributed by atoms with Gasteiger partial charge in [-0.2, -0.15) is 0 Å². The molecule has 1 aliphatic rings. The van der Waals surface area contributed by atoms with Gasteiger partial charge in [0, 0.05) is 12.6 Å². The first kappa shape index (κ1) is 15.0. The van der Waals surface area contributed by atoms with E-state index in [-0.39, 0.29) is 0 Å². The fourth-order valence-electron chi connectivity index (χ4n) is 2.48. The highest BCUT2D eigenvalue weighted by Gasteiger charge is 2.31. The van der Waals surface area contributed by atoms with Gasteiger partial charge in [-0.25, -0.2) is 0 Å². The third kappa shape index (κ3) is 6.42. The van der Waals surface area contributed by atoms with Crippen LogP contribution in [0.25, 0.3) is 0 Å².